The number of aliphatic carboxylic acids is 1. The summed E-state index contributed by atoms with van der Waals surface area (Å²) in [6.45, 7) is 0. The smallest absolute Gasteiger partial charge is 0.401 e. The molecule has 1 atom stereocenters. The van der Waals surface area contributed by atoms with Crippen LogP contribution >= 0.6 is 35.0 Å². The summed E-state index contributed by atoms with van der Waals surface area (Å²) in [5.41, 5.74) is 0. The maximum atomic E-state index is 12.6. The molecular formula is C10H7Cl2F3O2S. The van der Waals surface area contributed by atoms with Gasteiger partial charge in [-0.05, 0) is 18.2 Å². The summed E-state index contributed by atoms with van der Waals surface area (Å²) in [4.78, 5) is 10.6. The van der Waals surface area contributed by atoms with Crippen molar-refractivity contribution in [1.29, 1.82) is 0 Å². The van der Waals surface area contributed by atoms with Gasteiger partial charge in [0.05, 0.1) is 16.5 Å². The van der Waals surface area contributed by atoms with E-state index < -0.39 is 23.8 Å². The number of carboxylic acid groups (broad SMARTS) is 1. The van der Waals surface area contributed by atoms with E-state index in [2.05, 4.69) is 0 Å². The number of carboxylic acids is 1. The summed E-state index contributed by atoms with van der Waals surface area (Å²) in [7, 11) is 0. The maximum Gasteiger partial charge on any atom is 0.401 e. The van der Waals surface area contributed by atoms with Crippen LogP contribution in [0.3, 0.4) is 0 Å². The highest BCUT2D eigenvalue weighted by Gasteiger charge is 2.41. The molecule has 0 saturated carbocycles. The summed E-state index contributed by atoms with van der Waals surface area (Å²) in [6.07, 6.45) is -5.61. The van der Waals surface area contributed by atoms with Gasteiger partial charge in [0.25, 0.3) is 0 Å². The Morgan fingerprint density at radius 2 is 1.94 bits per heavy atom. The average Bonchev–Trinajstić information content (AvgIpc) is 2.20. The van der Waals surface area contributed by atoms with Gasteiger partial charge in [0.15, 0.2) is 0 Å². The zero-order valence-corrected chi connectivity index (χ0v) is 11.0. The highest BCUT2D eigenvalue weighted by atomic mass is 35.5. The van der Waals surface area contributed by atoms with Crippen molar-refractivity contribution in [2.24, 2.45) is 0 Å². The van der Waals surface area contributed by atoms with E-state index in [1.165, 1.54) is 18.2 Å². The standard InChI is InChI=1S/C10H7Cl2F3O2S/c11-6-2-1-5(3-7(6)12)18-8(4-9(16)17)10(13,14)15/h1-3,8H,4H2,(H,16,17). The second kappa shape index (κ2) is 6.04. The van der Waals surface area contributed by atoms with E-state index in [0.29, 0.717) is 11.8 Å². The number of benzene rings is 1. The first-order valence-electron chi connectivity index (χ1n) is 4.60. The highest BCUT2D eigenvalue weighted by molar-refractivity contribution is 8.00. The van der Waals surface area contributed by atoms with Crippen LogP contribution in [0.1, 0.15) is 6.42 Å². The summed E-state index contributed by atoms with van der Waals surface area (Å²) >= 11 is 11.7. The zero-order valence-electron chi connectivity index (χ0n) is 8.67. The molecule has 0 amide bonds. The van der Waals surface area contributed by atoms with Crippen LogP contribution in [0.4, 0.5) is 13.2 Å². The second-order valence-electron chi connectivity index (χ2n) is 3.32. The van der Waals surface area contributed by atoms with Crippen LogP contribution < -0.4 is 0 Å². The molecule has 1 aromatic rings. The minimum atomic E-state index is -4.60. The number of hydrogen-bond donors (Lipinski definition) is 1. The summed E-state index contributed by atoms with van der Waals surface area (Å²) in [5, 5.41) is 6.79. The SMILES string of the molecule is O=C(O)CC(Sc1ccc(Cl)c(Cl)c1)C(F)(F)F. The molecule has 0 aliphatic rings. The molecule has 0 bridgehead atoms. The summed E-state index contributed by atoms with van der Waals surface area (Å²) in [5.74, 6) is -1.51. The van der Waals surface area contributed by atoms with Gasteiger partial charge in [-0.1, -0.05) is 23.2 Å². The molecule has 0 aromatic heterocycles. The van der Waals surface area contributed by atoms with Crippen molar-refractivity contribution in [3.63, 3.8) is 0 Å². The first-order chi connectivity index (χ1) is 8.20. The van der Waals surface area contributed by atoms with Crippen LogP contribution in [0, 0.1) is 0 Å². The Kier molecular flexibility index (Phi) is 5.19. The third-order valence-electron chi connectivity index (χ3n) is 1.89. The van der Waals surface area contributed by atoms with Gasteiger partial charge in [0.2, 0.25) is 0 Å². The zero-order chi connectivity index (χ0) is 13.9. The molecule has 18 heavy (non-hydrogen) atoms. The predicted molar refractivity (Wildman–Crippen MR) is 64.4 cm³/mol. The van der Waals surface area contributed by atoms with Crippen LogP contribution in [0.15, 0.2) is 23.1 Å². The quantitative estimate of drug-likeness (QED) is 0.831. The molecule has 0 heterocycles. The molecule has 0 fully saturated rings. The van der Waals surface area contributed by atoms with E-state index in [-0.39, 0.29) is 14.9 Å². The molecule has 0 aliphatic carbocycles. The van der Waals surface area contributed by atoms with Gasteiger partial charge >= 0.3 is 12.1 Å². The van der Waals surface area contributed by atoms with Crippen molar-refractivity contribution in [3.05, 3.63) is 28.2 Å². The van der Waals surface area contributed by atoms with Crippen molar-refractivity contribution in [1.82, 2.24) is 0 Å². The highest BCUT2D eigenvalue weighted by Crippen LogP contribution is 2.38. The van der Waals surface area contributed by atoms with E-state index in [1.54, 1.807) is 0 Å². The Morgan fingerprint density at radius 3 is 2.39 bits per heavy atom. The third-order valence-corrected chi connectivity index (χ3v) is 3.88. The van der Waals surface area contributed by atoms with Gasteiger partial charge < -0.3 is 5.11 Å². The van der Waals surface area contributed by atoms with Crippen LogP contribution in [-0.4, -0.2) is 22.5 Å². The first kappa shape index (κ1) is 15.5. The lowest BCUT2D eigenvalue weighted by molar-refractivity contribution is -0.149. The average molecular weight is 319 g/mol. The van der Waals surface area contributed by atoms with Crippen molar-refractivity contribution in [2.75, 3.05) is 0 Å². The Balaban J connectivity index is 2.89. The first-order valence-corrected chi connectivity index (χ1v) is 6.24. The summed E-state index contributed by atoms with van der Waals surface area (Å²) in [6, 6.07) is 4.00. The van der Waals surface area contributed by atoms with Crippen LogP contribution in [0.25, 0.3) is 0 Å². The Hall–Kier alpha value is -0.590. The molecule has 0 radical (unpaired) electrons. The fourth-order valence-corrected chi connectivity index (χ4v) is 2.48. The summed E-state index contributed by atoms with van der Waals surface area (Å²) < 4.78 is 37.8. The molecule has 1 aromatic carbocycles. The van der Waals surface area contributed by atoms with Gasteiger partial charge in [-0.2, -0.15) is 13.2 Å². The van der Waals surface area contributed by atoms with E-state index in [9.17, 15) is 18.0 Å². The molecule has 0 spiro atoms. The molecule has 100 valence electrons. The van der Waals surface area contributed by atoms with Gasteiger partial charge in [-0.15, -0.1) is 11.8 Å². The van der Waals surface area contributed by atoms with E-state index in [1.807, 2.05) is 0 Å². The van der Waals surface area contributed by atoms with E-state index in [4.69, 9.17) is 28.3 Å². The van der Waals surface area contributed by atoms with E-state index >= 15 is 0 Å². The molecule has 2 nitrogen and oxygen atoms in total. The molecule has 1 N–H and O–H groups in total. The van der Waals surface area contributed by atoms with Crippen molar-refractivity contribution >= 4 is 40.9 Å². The molecule has 0 aliphatic heterocycles. The molecule has 1 rings (SSSR count). The normalized spacial score (nSPS) is 13.4. The van der Waals surface area contributed by atoms with Crippen molar-refractivity contribution < 1.29 is 23.1 Å². The Morgan fingerprint density at radius 1 is 1.33 bits per heavy atom. The van der Waals surface area contributed by atoms with Gasteiger partial charge in [-0.25, -0.2) is 0 Å². The maximum absolute atomic E-state index is 12.6. The van der Waals surface area contributed by atoms with Gasteiger partial charge in [0.1, 0.15) is 5.25 Å². The molecule has 8 heteroatoms. The monoisotopic (exact) mass is 318 g/mol. The molecule has 1 unspecified atom stereocenters. The molecular weight excluding hydrogens is 312 g/mol. The third kappa shape index (κ3) is 4.59. The number of alkyl halides is 3. The number of carbonyl (C=O) groups is 1. The topological polar surface area (TPSA) is 37.3 Å². The number of rotatable bonds is 4. The van der Waals surface area contributed by atoms with Gasteiger partial charge in [0, 0.05) is 4.90 Å². The number of hydrogen-bond acceptors (Lipinski definition) is 2. The fraction of sp³-hybridized carbons (Fsp3) is 0.300. The second-order valence-corrected chi connectivity index (χ2v) is 5.41. The lowest BCUT2D eigenvalue weighted by Gasteiger charge is -2.18. The van der Waals surface area contributed by atoms with Crippen molar-refractivity contribution in [2.45, 2.75) is 22.7 Å². The lowest BCUT2D eigenvalue weighted by Crippen LogP contribution is -2.28. The van der Waals surface area contributed by atoms with Crippen LogP contribution in [0.5, 0.6) is 0 Å². The van der Waals surface area contributed by atoms with Crippen LogP contribution in [0.2, 0.25) is 10.0 Å². The van der Waals surface area contributed by atoms with Gasteiger partial charge in [-0.3, -0.25) is 4.79 Å². The minimum Gasteiger partial charge on any atom is -0.481 e. The molecule has 0 saturated heterocycles. The number of halogens is 5. The Labute approximate surface area is 115 Å². The fourth-order valence-electron chi connectivity index (χ4n) is 1.10. The predicted octanol–water partition coefficient (Wildman–Crippen LogP) is 4.49. The largest absolute Gasteiger partial charge is 0.481 e. The Bertz CT molecular complexity index is 451. The number of thioether (sulfide) groups is 1. The lowest BCUT2D eigenvalue weighted by atomic mass is 10.3. The van der Waals surface area contributed by atoms with E-state index in [0.717, 1.165) is 0 Å². The minimum absolute atomic E-state index is 0.123. The van der Waals surface area contributed by atoms with Crippen molar-refractivity contribution in [3.8, 4) is 0 Å². The van der Waals surface area contributed by atoms with Crippen LogP contribution in [-0.2, 0) is 4.79 Å².